The summed E-state index contributed by atoms with van der Waals surface area (Å²) in [6.07, 6.45) is -3.32. The summed E-state index contributed by atoms with van der Waals surface area (Å²) in [4.78, 5) is 35.9. The molecule has 0 saturated carbocycles. The summed E-state index contributed by atoms with van der Waals surface area (Å²) in [6, 6.07) is 7.52. The van der Waals surface area contributed by atoms with Gasteiger partial charge in [0.2, 0.25) is 0 Å². The predicted molar refractivity (Wildman–Crippen MR) is 119 cm³/mol. The summed E-state index contributed by atoms with van der Waals surface area (Å²) in [5, 5.41) is 0. The highest BCUT2D eigenvalue weighted by Crippen LogP contribution is 2.34. The van der Waals surface area contributed by atoms with Crippen LogP contribution in [0, 0.1) is 0 Å². The SMILES string of the molecule is C=C(C)C(=O)OCC(OC(N)=O)C(OC(=O)C(=C)C)C(C)(C)c1cccc(C(=C)C)c1. The Morgan fingerprint density at radius 3 is 2.06 bits per heavy atom. The van der Waals surface area contributed by atoms with Crippen molar-refractivity contribution in [2.24, 2.45) is 5.73 Å². The number of nitrogens with two attached hydrogens (primary N) is 1. The third kappa shape index (κ3) is 7.13. The van der Waals surface area contributed by atoms with Gasteiger partial charge in [0.1, 0.15) is 6.61 Å². The molecule has 2 N–H and O–H groups in total. The summed E-state index contributed by atoms with van der Waals surface area (Å²) in [7, 11) is 0. The molecule has 1 amide bonds. The number of primary amides is 1. The minimum Gasteiger partial charge on any atom is -0.458 e. The third-order valence-electron chi connectivity index (χ3n) is 4.73. The van der Waals surface area contributed by atoms with Crippen molar-refractivity contribution in [1.29, 1.82) is 0 Å². The van der Waals surface area contributed by atoms with Crippen molar-refractivity contribution in [3.05, 3.63) is 66.3 Å². The van der Waals surface area contributed by atoms with Crippen molar-refractivity contribution >= 4 is 23.6 Å². The van der Waals surface area contributed by atoms with Gasteiger partial charge in [-0.15, -0.1) is 0 Å². The standard InChI is InChI=1S/C24H31NO6/c1-14(2)17-10-9-11-18(12-17)24(7,8)20(31-22(27)16(5)6)19(30-23(25)28)13-29-21(26)15(3)4/h9-12,19-20H,1,3,5,13H2,2,4,6-8H3,(H2,25,28). The smallest absolute Gasteiger partial charge is 0.405 e. The van der Waals surface area contributed by atoms with Crippen LogP contribution in [0.25, 0.3) is 5.57 Å². The zero-order valence-electron chi connectivity index (χ0n) is 18.8. The van der Waals surface area contributed by atoms with Crippen molar-refractivity contribution < 1.29 is 28.6 Å². The quantitative estimate of drug-likeness (QED) is 0.341. The molecule has 0 fully saturated rings. The van der Waals surface area contributed by atoms with Crippen LogP contribution in [0.15, 0.2) is 55.1 Å². The predicted octanol–water partition coefficient (Wildman–Crippen LogP) is 4.07. The van der Waals surface area contributed by atoms with Crippen LogP contribution in [0.2, 0.25) is 0 Å². The van der Waals surface area contributed by atoms with E-state index < -0.39 is 35.7 Å². The number of hydrogen-bond donors (Lipinski definition) is 1. The van der Waals surface area contributed by atoms with Gasteiger partial charge >= 0.3 is 18.0 Å². The maximum atomic E-state index is 12.4. The monoisotopic (exact) mass is 429 g/mol. The largest absolute Gasteiger partial charge is 0.458 e. The normalized spacial score (nSPS) is 12.8. The highest BCUT2D eigenvalue weighted by atomic mass is 16.6. The zero-order chi connectivity index (χ0) is 23.9. The Morgan fingerprint density at radius 1 is 1.00 bits per heavy atom. The van der Waals surface area contributed by atoms with E-state index in [1.807, 2.05) is 45.0 Å². The molecule has 31 heavy (non-hydrogen) atoms. The van der Waals surface area contributed by atoms with Crippen LogP contribution in [0.5, 0.6) is 0 Å². The van der Waals surface area contributed by atoms with Gasteiger partial charge in [0, 0.05) is 16.6 Å². The molecule has 0 bridgehead atoms. The molecule has 1 aromatic carbocycles. The van der Waals surface area contributed by atoms with Crippen molar-refractivity contribution in [1.82, 2.24) is 0 Å². The lowest BCUT2D eigenvalue weighted by Crippen LogP contribution is -2.50. The van der Waals surface area contributed by atoms with E-state index in [4.69, 9.17) is 19.9 Å². The third-order valence-corrected chi connectivity index (χ3v) is 4.73. The molecule has 0 aliphatic heterocycles. The van der Waals surface area contributed by atoms with Gasteiger partial charge in [-0.2, -0.15) is 0 Å². The number of amides is 1. The van der Waals surface area contributed by atoms with E-state index in [1.54, 1.807) is 0 Å². The maximum absolute atomic E-state index is 12.4. The Balaban J connectivity index is 3.46. The first kappa shape index (κ1) is 25.7. The van der Waals surface area contributed by atoms with Gasteiger partial charge < -0.3 is 19.9 Å². The van der Waals surface area contributed by atoms with E-state index in [0.717, 1.165) is 16.7 Å². The minimum absolute atomic E-state index is 0.160. The summed E-state index contributed by atoms with van der Waals surface area (Å²) in [6.45, 7) is 19.2. The minimum atomic E-state index is -1.17. The molecule has 0 radical (unpaired) electrons. The summed E-state index contributed by atoms with van der Waals surface area (Å²) in [5.74, 6) is -1.36. The summed E-state index contributed by atoms with van der Waals surface area (Å²) < 4.78 is 16.1. The fraction of sp³-hybridized carbons (Fsp3) is 0.375. The second kappa shape index (κ2) is 10.6. The van der Waals surface area contributed by atoms with Gasteiger partial charge in [-0.05, 0) is 31.9 Å². The Labute approximate surface area is 183 Å². The summed E-state index contributed by atoms with van der Waals surface area (Å²) in [5.41, 5.74) is 7.23. The van der Waals surface area contributed by atoms with Gasteiger partial charge in [-0.25, -0.2) is 14.4 Å². The van der Waals surface area contributed by atoms with E-state index in [0.29, 0.717) is 0 Å². The number of rotatable bonds is 10. The van der Waals surface area contributed by atoms with Crippen LogP contribution in [-0.4, -0.2) is 36.8 Å². The number of allylic oxidation sites excluding steroid dienone is 1. The number of carbonyl (C=O) groups is 3. The average Bonchev–Trinajstić information content (AvgIpc) is 2.68. The van der Waals surface area contributed by atoms with E-state index in [1.165, 1.54) is 13.8 Å². The van der Waals surface area contributed by atoms with Gasteiger partial charge in [0.25, 0.3) is 0 Å². The molecule has 1 aromatic rings. The molecule has 2 unspecified atom stereocenters. The Bertz CT molecular complexity index is 899. The fourth-order valence-corrected chi connectivity index (χ4v) is 2.87. The van der Waals surface area contributed by atoms with Crippen LogP contribution in [0.3, 0.4) is 0 Å². The average molecular weight is 430 g/mol. The van der Waals surface area contributed by atoms with Crippen molar-refractivity contribution in [3.63, 3.8) is 0 Å². The molecule has 0 heterocycles. The highest BCUT2D eigenvalue weighted by molar-refractivity contribution is 5.87. The lowest BCUT2D eigenvalue weighted by Gasteiger charge is -2.38. The second-order valence-electron chi connectivity index (χ2n) is 8.04. The number of ether oxygens (including phenoxy) is 3. The molecule has 0 aromatic heterocycles. The van der Waals surface area contributed by atoms with Crippen molar-refractivity contribution in [3.8, 4) is 0 Å². The van der Waals surface area contributed by atoms with E-state index in [-0.39, 0.29) is 17.8 Å². The molecule has 0 saturated heterocycles. The Hall–Kier alpha value is -3.35. The van der Waals surface area contributed by atoms with Crippen molar-refractivity contribution in [2.45, 2.75) is 52.2 Å². The molecule has 168 valence electrons. The van der Waals surface area contributed by atoms with Crippen LogP contribution in [-0.2, 0) is 29.2 Å². The number of hydrogen-bond acceptors (Lipinski definition) is 6. The lowest BCUT2D eigenvalue weighted by atomic mass is 9.76. The molecular formula is C24H31NO6. The topological polar surface area (TPSA) is 105 Å². The van der Waals surface area contributed by atoms with Gasteiger partial charge in [0.15, 0.2) is 12.2 Å². The number of benzene rings is 1. The van der Waals surface area contributed by atoms with Crippen LogP contribution < -0.4 is 5.73 Å². The molecule has 0 aliphatic rings. The van der Waals surface area contributed by atoms with E-state index in [9.17, 15) is 14.4 Å². The molecule has 1 rings (SSSR count). The molecule has 7 heteroatoms. The molecule has 0 spiro atoms. The molecule has 0 aliphatic carbocycles. The van der Waals surface area contributed by atoms with Crippen LogP contribution in [0.1, 0.15) is 45.7 Å². The Kier molecular flexibility index (Phi) is 8.79. The van der Waals surface area contributed by atoms with Crippen molar-refractivity contribution in [2.75, 3.05) is 6.61 Å². The van der Waals surface area contributed by atoms with Gasteiger partial charge in [0.05, 0.1) is 0 Å². The first-order valence-corrected chi connectivity index (χ1v) is 9.69. The molecular weight excluding hydrogens is 398 g/mol. The number of carbonyl (C=O) groups excluding carboxylic acids is 3. The lowest BCUT2D eigenvalue weighted by molar-refractivity contribution is -0.161. The van der Waals surface area contributed by atoms with Gasteiger partial charge in [-0.3, -0.25) is 0 Å². The van der Waals surface area contributed by atoms with E-state index in [2.05, 4.69) is 19.7 Å². The van der Waals surface area contributed by atoms with E-state index >= 15 is 0 Å². The molecule has 7 nitrogen and oxygen atoms in total. The maximum Gasteiger partial charge on any atom is 0.405 e. The second-order valence-corrected chi connectivity index (χ2v) is 8.04. The fourth-order valence-electron chi connectivity index (χ4n) is 2.87. The van der Waals surface area contributed by atoms with Gasteiger partial charge in [-0.1, -0.05) is 63.4 Å². The first-order valence-electron chi connectivity index (χ1n) is 9.69. The zero-order valence-corrected chi connectivity index (χ0v) is 18.8. The molecule has 2 atom stereocenters. The van der Waals surface area contributed by atoms with Crippen LogP contribution >= 0.6 is 0 Å². The number of esters is 2. The summed E-state index contributed by atoms with van der Waals surface area (Å²) >= 11 is 0. The first-order chi connectivity index (χ1) is 14.3. The van der Waals surface area contributed by atoms with Crippen LogP contribution in [0.4, 0.5) is 4.79 Å². The Morgan fingerprint density at radius 2 is 1.58 bits per heavy atom. The highest BCUT2D eigenvalue weighted by Gasteiger charge is 2.43.